The van der Waals surface area contributed by atoms with E-state index in [0.29, 0.717) is 0 Å². The van der Waals surface area contributed by atoms with Crippen LogP contribution in [0.5, 0.6) is 0 Å². The highest BCUT2D eigenvalue weighted by Crippen LogP contribution is 2.07. The van der Waals surface area contributed by atoms with Gasteiger partial charge in [-0.15, -0.1) is 11.3 Å². The first-order valence-corrected chi connectivity index (χ1v) is 7.53. The van der Waals surface area contributed by atoms with Crippen molar-refractivity contribution in [2.24, 2.45) is 0 Å². The minimum atomic E-state index is 0.830. The van der Waals surface area contributed by atoms with Gasteiger partial charge >= 0.3 is 0 Å². The van der Waals surface area contributed by atoms with Gasteiger partial charge in [0.25, 0.3) is 0 Å². The summed E-state index contributed by atoms with van der Waals surface area (Å²) in [5.74, 6) is 0. The van der Waals surface area contributed by atoms with Crippen LogP contribution in [0.25, 0.3) is 5.69 Å². The Morgan fingerprint density at radius 2 is 2.10 bits per heavy atom. The fraction of sp³-hybridized carbons (Fsp3) is 0.200. The lowest BCUT2D eigenvalue weighted by Crippen LogP contribution is -2.16. The van der Waals surface area contributed by atoms with Gasteiger partial charge in [0.05, 0.1) is 23.1 Å². The van der Waals surface area contributed by atoms with E-state index in [1.807, 2.05) is 46.7 Å². The van der Waals surface area contributed by atoms with E-state index < -0.39 is 0 Å². The lowest BCUT2D eigenvalue weighted by atomic mass is 10.3. The van der Waals surface area contributed by atoms with E-state index in [9.17, 15) is 0 Å². The van der Waals surface area contributed by atoms with Gasteiger partial charge in [0.15, 0.2) is 0 Å². The van der Waals surface area contributed by atoms with Crippen LogP contribution in [0.15, 0.2) is 53.6 Å². The summed E-state index contributed by atoms with van der Waals surface area (Å²) >= 11 is 1.64. The Morgan fingerprint density at radius 3 is 2.90 bits per heavy atom. The van der Waals surface area contributed by atoms with Gasteiger partial charge in [-0.1, -0.05) is 18.2 Å². The number of hydrogen-bond acceptors (Lipinski definition) is 4. The standard InChI is InChI=1S/C15H16N4S/c1-2-4-15(5-3-1)19-10-13(9-18-19)8-16-7-6-14-11-20-12-17-14/h1-5,9-12,16H,6-8H2. The Labute approximate surface area is 122 Å². The molecule has 0 fully saturated rings. The van der Waals surface area contributed by atoms with E-state index in [4.69, 9.17) is 0 Å². The third-order valence-corrected chi connectivity index (χ3v) is 3.66. The molecule has 0 aliphatic carbocycles. The van der Waals surface area contributed by atoms with Crippen LogP contribution < -0.4 is 5.32 Å². The number of thiazole rings is 1. The Bertz CT molecular complexity index is 631. The maximum atomic E-state index is 4.38. The third kappa shape index (κ3) is 3.31. The maximum Gasteiger partial charge on any atom is 0.0794 e. The molecule has 1 aromatic carbocycles. The summed E-state index contributed by atoms with van der Waals surface area (Å²) in [7, 11) is 0. The lowest BCUT2D eigenvalue weighted by molar-refractivity contribution is 0.681. The van der Waals surface area contributed by atoms with Crippen LogP contribution in [0.3, 0.4) is 0 Å². The minimum Gasteiger partial charge on any atom is -0.312 e. The largest absolute Gasteiger partial charge is 0.312 e. The number of rotatable bonds is 6. The lowest BCUT2D eigenvalue weighted by Gasteiger charge is -2.01. The molecule has 0 saturated heterocycles. The molecule has 0 aliphatic heterocycles. The van der Waals surface area contributed by atoms with Crippen LogP contribution in [0.4, 0.5) is 0 Å². The number of nitrogens with one attached hydrogen (secondary N) is 1. The number of hydrogen-bond donors (Lipinski definition) is 1. The molecule has 0 radical (unpaired) electrons. The summed E-state index contributed by atoms with van der Waals surface area (Å²) in [6.07, 6.45) is 4.93. The van der Waals surface area contributed by atoms with Crippen molar-refractivity contribution in [1.82, 2.24) is 20.1 Å². The van der Waals surface area contributed by atoms with Gasteiger partial charge in [0, 0.05) is 36.7 Å². The Morgan fingerprint density at radius 1 is 1.20 bits per heavy atom. The number of benzene rings is 1. The molecule has 0 amide bonds. The maximum absolute atomic E-state index is 4.38. The molecule has 0 spiro atoms. The van der Waals surface area contributed by atoms with E-state index in [2.05, 4.69) is 27.0 Å². The van der Waals surface area contributed by atoms with Gasteiger partial charge in [0.1, 0.15) is 0 Å². The molecule has 3 aromatic rings. The van der Waals surface area contributed by atoms with E-state index in [1.54, 1.807) is 11.3 Å². The van der Waals surface area contributed by atoms with Crippen molar-refractivity contribution in [3.8, 4) is 5.69 Å². The predicted octanol–water partition coefficient (Wildman–Crippen LogP) is 2.66. The van der Waals surface area contributed by atoms with Crippen LogP contribution in [0.1, 0.15) is 11.3 Å². The van der Waals surface area contributed by atoms with E-state index in [0.717, 1.165) is 30.9 Å². The third-order valence-electron chi connectivity index (χ3n) is 3.03. The topological polar surface area (TPSA) is 42.7 Å². The zero-order chi connectivity index (χ0) is 13.6. The summed E-state index contributed by atoms with van der Waals surface area (Å²) < 4.78 is 1.90. The number of nitrogens with zero attached hydrogens (tertiary/aromatic N) is 3. The Balaban J connectivity index is 1.50. The van der Waals surface area contributed by atoms with E-state index >= 15 is 0 Å². The first-order valence-electron chi connectivity index (χ1n) is 6.58. The van der Waals surface area contributed by atoms with Crippen molar-refractivity contribution >= 4 is 11.3 Å². The number of para-hydroxylation sites is 1. The molecule has 0 unspecified atom stereocenters. The monoisotopic (exact) mass is 284 g/mol. The highest BCUT2D eigenvalue weighted by Gasteiger charge is 2.00. The summed E-state index contributed by atoms with van der Waals surface area (Å²) in [4.78, 5) is 4.27. The molecule has 102 valence electrons. The Hall–Kier alpha value is -1.98. The highest BCUT2D eigenvalue weighted by molar-refractivity contribution is 7.07. The molecule has 0 bridgehead atoms. The van der Waals surface area contributed by atoms with Crippen LogP contribution in [-0.2, 0) is 13.0 Å². The normalized spacial score (nSPS) is 10.8. The second-order valence-electron chi connectivity index (χ2n) is 4.54. The van der Waals surface area contributed by atoms with Crippen molar-refractivity contribution in [1.29, 1.82) is 0 Å². The molecule has 3 rings (SSSR count). The summed E-state index contributed by atoms with van der Waals surface area (Å²) in [5.41, 5.74) is 5.30. The van der Waals surface area contributed by atoms with Gasteiger partial charge in [-0.05, 0) is 12.1 Å². The molecule has 4 nitrogen and oxygen atoms in total. The van der Waals surface area contributed by atoms with Gasteiger partial charge < -0.3 is 5.32 Å². The number of aromatic nitrogens is 3. The molecular weight excluding hydrogens is 268 g/mol. The summed E-state index contributed by atoms with van der Waals surface area (Å²) in [5, 5.41) is 9.89. The van der Waals surface area contributed by atoms with Crippen LogP contribution in [0, 0.1) is 0 Å². The van der Waals surface area contributed by atoms with Crippen molar-refractivity contribution < 1.29 is 0 Å². The van der Waals surface area contributed by atoms with Crippen molar-refractivity contribution in [2.75, 3.05) is 6.54 Å². The van der Waals surface area contributed by atoms with Crippen LogP contribution in [0.2, 0.25) is 0 Å². The second kappa shape index (κ2) is 6.45. The fourth-order valence-corrected chi connectivity index (χ4v) is 2.58. The average Bonchev–Trinajstić information content (AvgIpc) is 3.16. The molecule has 0 atom stereocenters. The molecule has 20 heavy (non-hydrogen) atoms. The van der Waals surface area contributed by atoms with E-state index in [1.165, 1.54) is 5.56 Å². The first-order chi connectivity index (χ1) is 9.92. The van der Waals surface area contributed by atoms with Gasteiger partial charge in [-0.2, -0.15) is 5.10 Å². The molecule has 5 heteroatoms. The summed E-state index contributed by atoms with van der Waals surface area (Å²) in [6, 6.07) is 10.1. The van der Waals surface area contributed by atoms with Gasteiger partial charge in [-0.25, -0.2) is 9.67 Å². The predicted molar refractivity (Wildman–Crippen MR) is 81.1 cm³/mol. The van der Waals surface area contributed by atoms with Crippen molar-refractivity contribution in [2.45, 2.75) is 13.0 Å². The average molecular weight is 284 g/mol. The van der Waals surface area contributed by atoms with E-state index in [-0.39, 0.29) is 0 Å². The van der Waals surface area contributed by atoms with Crippen LogP contribution in [-0.4, -0.2) is 21.3 Å². The van der Waals surface area contributed by atoms with Crippen LogP contribution >= 0.6 is 11.3 Å². The quantitative estimate of drug-likeness (QED) is 0.708. The molecule has 1 N–H and O–H groups in total. The minimum absolute atomic E-state index is 0.830. The van der Waals surface area contributed by atoms with Gasteiger partial charge in [0.2, 0.25) is 0 Å². The highest BCUT2D eigenvalue weighted by atomic mass is 32.1. The summed E-state index contributed by atoms with van der Waals surface area (Å²) in [6.45, 7) is 1.76. The fourth-order valence-electron chi connectivity index (χ4n) is 1.98. The molecule has 2 aromatic heterocycles. The second-order valence-corrected chi connectivity index (χ2v) is 5.25. The Kier molecular flexibility index (Phi) is 4.20. The van der Waals surface area contributed by atoms with Crippen molar-refractivity contribution in [3.63, 3.8) is 0 Å². The molecule has 0 saturated carbocycles. The zero-order valence-electron chi connectivity index (χ0n) is 11.1. The SMILES string of the molecule is c1ccc(-n2cc(CNCCc3cscn3)cn2)cc1. The molecule has 2 heterocycles. The van der Waals surface area contributed by atoms with Gasteiger partial charge in [-0.3, -0.25) is 0 Å². The zero-order valence-corrected chi connectivity index (χ0v) is 11.9. The molecular formula is C15H16N4S. The van der Waals surface area contributed by atoms with Crippen molar-refractivity contribution in [3.05, 3.63) is 64.9 Å². The molecule has 0 aliphatic rings. The smallest absolute Gasteiger partial charge is 0.0794 e. The first kappa shape index (κ1) is 13.0.